The van der Waals surface area contributed by atoms with Crippen LogP contribution in [0.4, 0.5) is 0 Å². The van der Waals surface area contributed by atoms with Gasteiger partial charge in [0.2, 0.25) is 10.0 Å². The molecule has 0 aliphatic rings. The molecule has 0 spiro atoms. The van der Waals surface area contributed by atoms with Gasteiger partial charge in [0.25, 0.3) is 0 Å². The van der Waals surface area contributed by atoms with Crippen LogP contribution in [0.15, 0.2) is 10.3 Å². The van der Waals surface area contributed by atoms with Gasteiger partial charge in [0, 0.05) is 17.5 Å². The zero-order chi connectivity index (χ0) is 11.6. The number of nitrogens with one attached hydrogen (secondary N) is 1. The van der Waals surface area contributed by atoms with Gasteiger partial charge in [-0.3, -0.25) is 0 Å². The van der Waals surface area contributed by atoms with E-state index >= 15 is 0 Å². The van der Waals surface area contributed by atoms with Crippen LogP contribution in [0.3, 0.4) is 0 Å². The summed E-state index contributed by atoms with van der Waals surface area (Å²) in [6.45, 7) is 6.32. The number of sulfonamides is 1. The van der Waals surface area contributed by atoms with Crippen LogP contribution in [0, 0.1) is 6.92 Å². The van der Waals surface area contributed by atoms with Gasteiger partial charge in [-0.25, -0.2) is 13.6 Å². The molecule has 0 atom stereocenters. The normalized spacial score (nSPS) is 12.3. The van der Waals surface area contributed by atoms with Crippen LogP contribution in [-0.4, -0.2) is 14.5 Å². The third-order valence-electron chi connectivity index (χ3n) is 1.94. The average molecular weight is 248 g/mol. The first-order valence-electron chi connectivity index (χ1n) is 4.65. The van der Waals surface area contributed by atoms with Crippen LogP contribution < -0.4 is 10.5 Å². The predicted octanol–water partition coefficient (Wildman–Crippen LogP) is 1.20. The Morgan fingerprint density at radius 2 is 2.13 bits per heavy atom. The first-order chi connectivity index (χ1) is 6.82. The SMILES string of the molecule is Cc1csc(CNC(C)C)c1S(N)(=O)=O. The molecule has 6 heteroatoms. The number of rotatable bonds is 4. The highest BCUT2D eigenvalue weighted by atomic mass is 32.2. The van der Waals surface area contributed by atoms with Gasteiger partial charge in [-0.15, -0.1) is 11.3 Å². The summed E-state index contributed by atoms with van der Waals surface area (Å²) in [6, 6.07) is 0.320. The molecule has 4 nitrogen and oxygen atoms in total. The molecule has 1 aromatic heterocycles. The molecule has 0 radical (unpaired) electrons. The fraction of sp³-hybridized carbons (Fsp3) is 0.556. The summed E-state index contributed by atoms with van der Waals surface area (Å²) in [7, 11) is -3.60. The maximum Gasteiger partial charge on any atom is 0.239 e. The van der Waals surface area contributed by atoms with E-state index in [1.165, 1.54) is 11.3 Å². The maximum atomic E-state index is 11.3. The van der Waals surface area contributed by atoms with Crippen molar-refractivity contribution >= 4 is 21.4 Å². The molecule has 0 saturated carbocycles. The van der Waals surface area contributed by atoms with E-state index in [0.717, 1.165) is 10.4 Å². The van der Waals surface area contributed by atoms with Gasteiger partial charge < -0.3 is 5.32 Å². The summed E-state index contributed by atoms with van der Waals surface area (Å²) >= 11 is 1.42. The molecule has 0 aromatic carbocycles. The van der Waals surface area contributed by atoms with Crippen molar-refractivity contribution in [2.75, 3.05) is 0 Å². The minimum absolute atomic E-state index is 0.278. The van der Waals surface area contributed by atoms with E-state index in [2.05, 4.69) is 5.32 Å². The summed E-state index contributed by atoms with van der Waals surface area (Å²) in [5, 5.41) is 10.2. The van der Waals surface area contributed by atoms with Crippen molar-refractivity contribution in [3.63, 3.8) is 0 Å². The molecule has 0 bridgehead atoms. The molecule has 15 heavy (non-hydrogen) atoms. The quantitative estimate of drug-likeness (QED) is 0.841. The molecule has 0 fully saturated rings. The van der Waals surface area contributed by atoms with Gasteiger partial charge in [-0.2, -0.15) is 0 Å². The standard InChI is InChI=1S/C9H16N2O2S2/c1-6(2)11-4-8-9(15(10,12)13)7(3)5-14-8/h5-6,11H,4H2,1-3H3,(H2,10,12,13). The molecule has 1 aromatic rings. The Labute approximate surface area is 94.5 Å². The third-order valence-corrected chi connectivity index (χ3v) is 4.32. The van der Waals surface area contributed by atoms with E-state index in [4.69, 9.17) is 5.14 Å². The van der Waals surface area contributed by atoms with Gasteiger partial charge in [0.05, 0.1) is 4.90 Å². The van der Waals surface area contributed by atoms with E-state index in [-0.39, 0.29) is 4.90 Å². The van der Waals surface area contributed by atoms with E-state index in [9.17, 15) is 8.42 Å². The predicted molar refractivity (Wildman–Crippen MR) is 62.4 cm³/mol. The van der Waals surface area contributed by atoms with Gasteiger partial charge in [-0.1, -0.05) is 13.8 Å². The Hall–Kier alpha value is -0.430. The van der Waals surface area contributed by atoms with Crippen molar-refractivity contribution < 1.29 is 8.42 Å². The molecule has 3 N–H and O–H groups in total. The summed E-state index contributed by atoms with van der Waals surface area (Å²) in [4.78, 5) is 1.06. The zero-order valence-electron chi connectivity index (χ0n) is 9.07. The molecule has 1 rings (SSSR count). The Morgan fingerprint density at radius 1 is 1.53 bits per heavy atom. The molecule has 1 heterocycles. The smallest absolute Gasteiger partial charge is 0.239 e. The average Bonchev–Trinajstić information content (AvgIpc) is 2.42. The zero-order valence-corrected chi connectivity index (χ0v) is 10.7. The molecule has 0 saturated heterocycles. The van der Waals surface area contributed by atoms with Gasteiger partial charge in [0.1, 0.15) is 0 Å². The monoisotopic (exact) mass is 248 g/mol. The van der Waals surface area contributed by atoms with Gasteiger partial charge >= 0.3 is 0 Å². The van der Waals surface area contributed by atoms with E-state index < -0.39 is 10.0 Å². The van der Waals surface area contributed by atoms with Crippen molar-refractivity contribution in [2.45, 2.75) is 38.3 Å². The van der Waals surface area contributed by atoms with Crippen molar-refractivity contribution in [3.05, 3.63) is 15.8 Å². The highest BCUT2D eigenvalue weighted by Gasteiger charge is 2.18. The van der Waals surface area contributed by atoms with Crippen LogP contribution in [0.1, 0.15) is 24.3 Å². The number of nitrogens with two attached hydrogens (primary N) is 1. The fourth-order valence-corrected chi connectivity index (χ4v) is 3.62. The summed E-state index contributed by atoms with van der Waals surface area (Å²) in [5.74, 6) is 0. The van der Waals surface area contributed by atoms with Crippen molar-refractivity contribution in [1.82, 2.24) is 5.32 Å². The van der Waals surface area contributed by atoms with Gasteiger partial charge in [-0.05, 0) is 17.9 Å². The lowest BCUT2D eigenvalue weighted by atomic mass is 10.3. The Balaban J connectivity index is 3.00. The van der Waals surface area contributed by atoms with E-state index in [0.29, 0.717) is 12.6 Å². The summed E-state index contributed by atoms with van der Waals surface area (Å²) in [6.07, 6.45) is 0. The number of hydrogen-bond donors (Lipinski definition) is 2. The van der Waals surface area contributed by atoms with Crippen LogP contribution in [-0.2, 0) is 16.6 Å². The van der Waals surface area contributed by atoms with Gasteiger partial charge in [0.15, 0.2) is 0 Å². The first-order valence-corrected chi connectivity index (χ1v) is 7.08. The maximum absolute atomic E-state index is 11.3. The molecule has 86 valence electrons. The molecule has 0 amide bonds. The second kappa shape index (κ2) is 4.61. The second-order valence-electron chi connectivity index (χ2n) is 3.75. The van der Waals surface area contributed by atoms with Crippen molar-refractivity contribution in [3.8, 4) is 0 Å². The Bertz CT molecular complexity index is 435. The molecular formula is C9H16N2O2S2. The van der Waals surface area contributed by atoms with E-state index in [1.54, 1.807) is 6.92 Å². The first kappa shape index (κ1) is 12.6. The molecule has 0 aliphatic carbocycles. The summed E-state index contributed by atoms with van der Waals surface area (Å²) in [5.41, 5.74) is 0.725. The lowest BCUT2D eigenvalue weighted by molar-refractivity contribution is 0.579. The summed E-state index contributed by atoms with van der Waals surface area (Å²) < 4.78 is 22.7. The van der Waals surface area contributed by atoms with Crippen LogP contribution in [0.2, 0.25) is 0 Å². The topological polar surface area (TPSA) is 72.2 Å². The highest BCUT2D eigenvalue weighted by molar-refractivity contribution is 7.89. The van der Waals surface area contributed by atoms with Crippen LogP contribution >= 0.6 is 11.3 Å². The van der Waals surface area contributed by atoms with Crippen LogP contribution in [0.5, 0.6) is 0 Å². The molecule has 0 unspecified atom stereocenters. The minimum Gasteiger partial charge on any atom is -0.310 e. The third kappa shape index (κ3) is 3.27. The molecular weight excluding hydrogens is 232 g/mol. The largest absolute Gasteiger partial charge is 0.310 e. The fourth-order valence-electron chi connectivity index (χ4n) is 1.29. The van der Waals surface area contributed by atoms with Crippen LogP contribution in [0.25, 0.3) is 0 Å². The van der Waals surface area contributed by atoms with E-state index in [1.807, 2.05) is 19.2 Å². The van der Waals surface area contributed by atoms with Crippen molar-refractivity contribution in [2.24, 2.45) is 5.14 Å². The Kier molecular flexibility index (Phi) is 3.88. The number of primary sulfonamides is 1. The lowest BCUT2D eigenvalue weighted by Crippen LogP contribution is -2.23. The molecule has 0 aliphatic heterocycles. The highest BCUT2D eigenvalue weighted by Crippen LogP contribution is 2.25. The number of hydrogen-bond acceptors (Lipinski definition) is 4. The lowest BCUT2D eigenvalue weighted by Gasteiger charge is -2.08. The number of thiophene rings is 1. The minimum atomic E-state index is -3.60. The van der Waals surface area contributed by atoms with Crippen molar-refractivity contribution in [1.29, 1.82) is 0 Å². The number of aryl methyl sites for hydroxylation is 1. The second-order valence-corrected chi connectivity index (χ2v) is 6.21. The Morgan fingerprint density at radius 3 is 2.60 bits per heavy atom.